The summed E-state index contributed by atoms with van der Waals surface area (Å²) in [4.78, 5) is 27.8. The highest BCUT2D eigenvalue weighted by molar-refractivity contribution is 6.32. The molecule has 12 heteroatoms. The number of halogens is 3. The van der Waals surface area contributed by atoms with Crippen LogP contribution in [0.3, 0.4) is 0 Å². The predicted octanol–water partition coefficient (Wildman–Crippen LogP) is 4.28. The number of benzene rings is 1. The fourth-order valence-electron chi connectivity index (χ4n) is 5.22. The minimum absolute atomic E-state index is 0.00216. The predicted molar refractivity (Wildman–Crippen MR) is 139 cm³/mol. The Kier molecular flexibility index (Phi) is 7.93. The summed E-state index contributed by atoms with van der Waals surface area (Å²) in [6, 6.07) is 7.48. The van der Waals surface area contributed by atoms with Gasteiger partial charge in [-0.2, -0.15) is 5.10 Å². The van der Waals surface area contributed by atoms with Crippen molar-refractivity contribution in [3.05, 3.63) is 53.4 Å². The lowest BCUT2D eigenvalue weighted by Gasteiger charge is -2.29. The maximum Gasteiger partial charge on any atom is 0.251 e. The fourth-order valence-corrected chi connectivity index (χ4v) is 5.39. The van der Waals surface area contributed by atoms with Crippen molar-refractivity contribution in [2.24, 2.45) is 5.92 Å². The first-order chi connectivity index (χ1) is 18.6. The molecule has 9 nitrogen and oxygen atoms in total. The third-order valence-electron chi connectivity index (χ3n) is 7.07. The van der Waals surface area contributed by atoms with Crippen LogP contribution in [0, 0.1) is 5.92 Å². The Morgan fingerprint density at radius 3 is 2.69 bits per heavy atom. The van der Waals surface area contributed by atoms with Crippen LogP contribution in [0.5, 0.6) is 5.75 Å². The van der Waals surface area contributed by atoms with Crippen LogP contribution in [-0.2, 0) is 25.6 Å². The Morgan fingerprint density at radius 2 is 2.00 bits per heavy atom. The number of nitrogens with zero attached hydrogens (tertiary/aromatic N) is 3. The van der Waals surface area contributed by atoms with E-state index in [1.165, 1.54) is 11.0 Å². The second-order valence-electron chi connectivity index (χ2n) is 10.6. The number of para-hydroxylation sites is 1. The molecule has 1 aliphatic carbocycles. The van der Waals surface area contributed by atoms with Gasteiger partial charge in [-0.1, -0.05) is 23.7 Å². The number of carbonyl (C=O) groups excluding carboxylic acids is 2. The van der Waals surface area contributed by atoms with Crippen molar-refractivity contribution in [3.8, 4) is 5.75 Å². The summed E-state index contributed by atoms with van der Waals surface area (Å²) in [5.74, 6) is -1.01. The van der Waals surface area contributed by atoms with Gasteiger partial charge in [-0.25, -0.2) is 8.78 Å². The highest BCUT2D eigenvalue weighted by atomic mass is 35.5. The first-order valence-electron chi connectivity index (χ1n) is 12.9. The summed E-state index contributed by atoms with van der Waals surface area (Å²) >= 11 is 6.18. The highest BCUT2D eigenvalue weighted by Gasteiger charge is 2.41. The largest absolute Gasteiger partial charge is 0.458 e. The number of amides is 2. The van der Waals surface area contributed by atoms with Gasteiger partial charge in [0.15, 0.2) is 11.6 Å². The molecule has 39 heavy (non-hydrogen) atoms. The molecule has 1 saturated carbocycles. The zero-order valence-electron chi connectivity index (χ0n) is 21.7. The van der Waals surface area contributed by atoms with E-state index >= 15 is 0 Å². The molecule has 2 aromatic rings. The van der Waals surface area contributed by atoms with E-state index in [2.05, 4.69) is 10.4 Å². The molecule has 210 valence electrons. The molecule has 2 aliphatic heterocycles. The molecule has 2 fully saturated rings. The van der Waals surface area contributed by atoms with Gasteiger partial charge >= 0.3 is 0 Å². The zero-order chi connectivity index (χ0) is 27.7. The molecule has 1 aromatic carbocycles. The maximum atomic E-state index is 13.9. The van der Waals surface area contributed by atoms with E-state index in [4.69, 9.17) is 25.8 Å². The van der Waals surface area contributed by atoms with Crippen molar-refractivity contribution in [1.82, 2.24) is 14.7 Å². The second-order valence-corrected chi connectivity index (χ2v) is 11.0. The normalized spacial score (nSPS) is 27.1. The first-order valence-corrected chi connectivity index (χ1v) is 13.3. The van der Waals surface area contributed by atoms with Gasteiger partial charge in [-0.05, 0) is 51.2 Å². The summed E-state index contributed by atoms with van der Waals surface area (Å²) in [7, 11) is 0. The molecule has 0 bridgehead atoms. The van der Waals surface area contributed by atoms with Crippen LogP contribution < -0.4 is 10.1 Å². The zero-order valence-corrected chi connectivity index (χ0v) is 22.4. The molecule has 4 atom stereocenters. The topological polar surface area (TPSA) is 94.9 Å². The van der Waals surface area contributed by atoms with Crippen LogP contribution in [0.15, 0.2) is 48.4 Å². The highest BCUT2D eigenvalue weighted by Crippen LogP contribution is 2.36. The summed E-state index contributed by atoms with van der Waals surface area (Å²) in [5.41, 5.74) is 0. The van der Waals surface area contributed by atoms with E-state index < -0.39 is 41.9 Å². The van der Waals surface area contributed by atoms with E-state index in [0.717, 1.165) is 0 Å². The summed E-state index contributed by atoms with van der Waals surface area (Å²) < 4.78 is 46.7. The van der Waals surface area contributed by atoms with Gasteiger partial charge in [-0.3, -0.25) is 14.3 Å². The summed E-state index contributed by atoms with van der Waals surface area (Å²) in [5, 5.41) is 7.54. The number of ether oxygens (including phenoxy) is 3. The number of hydrogen-bond acceptors (Lipinski definition) is 6. The van der Waals surface area contributed by atoms with Crippen LogP contribution in [0.4, 0.5) is 14.6 Å². The summed E-state index contributed by atoms with van der Waals surface area (Å²) in [6.07, 6.45) is -0.236. The van der Waals surface area contributed by atoms with Gasteiger partial charge in [0, 0.05) is 18.3 Å². The smallest absolute Gasteiger partial charge is 0.251 e. The van der Waals surface area contributed by atoms with Crippen molar-refractivity contribution in [2.45, 2.75) is 69.9 Å². The second kappa shape index (κ2) is 11.2. The van der Waals surface area contributed by atoms with Crippen molar-refractivity contribution in [1.29, 1.82) is 0 Å². The van der Waals surface area contributed by atoms with E-state index in [1.807, 2.05) is 13.8 Å². The van der Waals surface area contributed by atoms with Gasteiger partial charge in [0.05, 0.1) is 24.7 Å². The molecule has 2 amide bonds. The third-order valence-corrected chi connectivity index (χ3v) is 7.38. The Bertz CT molecular complexity index is 1240. The molecule has 1 N–H and O–H groups in total. The van der Waals surface area contributed by atoms with Crippen molar-refractivity contribution < 1.29 is 32.6 Å². The minimum atomic E-state index is -1.58. The number of nitrogens with one attached hydrogen (secondary N) is 1. The molecule has 3 aliphatic rings. The summed E-state index contributed by atoms with van der Waals surface area (Å²) in [6.45, 7) is 4.53. The molecule has 0 spiro atoms. The lowest BCUT2D eigenvalue weighted by atomic mass is 9.96. The number of aromatic nitrogens is 2. The van der Waals surface area contributed by atoms with Gasteiger partial charge in [0.2, 0.25) is 5.91 Å². The standard InChI is InChI=1S/C27H31ClF2N4O5/c1-27(2)37-15-18(39-27)13-33-8-7-24(32-33)31-26(36)22(11-16-9-20(29)21(30)10-16)34-14-17(12-25(34)35)38-23-6-4-3-5-19(23)28/h3-8,12,16,18,20-22H,9-11,13-15H2,1-2H3,(H,31,32,36)/t16?,18-,20?,21?,22?/m1/s1. The average molecular weight is 565 g/mol. The molecular formula is C27H31ClF2N4O5. The number of rotatable bonds is 9. The van der Waals surface area contributed by atoms with Gasteiger partial charge < -0.3 is 24.4 Å². The fraction of sp³-hybridized carbons (Fsp3) is 0.519. The molecule has 3 heterocycles. The Hall–Kier alpha value is -3.02. The first kappa shape index (κ1) is 27.5. The lowest BCUT2D eigenvalue weighted by molar-refractivity contribution is -0.139. The number of anilines is 1. The number of alkyl halides is 2. The van der Waals surface area contributed by atoms with Gasteiger partial charge in [0.25, 0.3) is 5.91 Å². The molecule has 1 aromatic heterocycles. The average Bonchev–Trinajstić information content (AvgIpc) is 3.63. The number of carbonyl (C=O) groups is 2. The van der Waals surface area contributed by atoms with Crippen molar-refractivity contribution in [2.75, 3.05) is 18.5 Å². The Morgan fingerprint density at radius 1 is 1.26 bits per heavy atom. The van der Waals surface area contributed by atoms with Crippen molar-refractivity contribution in [3.63, 3.8) is 0 Å². The van der Waals surface area contributed by atoms with Crippen LogP contribution >= 0.6 is 11.6 Å². The van der Waals surface area contributed by atoms with E-state index in [1.54, 1.807) is 41.2 Å². The van der Waals surface area contributed by atoms with Crippen LogP contribution in [0.1, 0.15) is 33.1 Å². The minimum Gasteiger partial charge on any atom is -0.458 e. The molecule has 5 rings (SSSR count). The SMILES string of the molecule is CC1(C)OC[C@@H](Cn2ccc(NC(=O)C(CC3CC(F)C(F)C3)N3CC(Oc4ccccc4Cl)=CC3=O)n2)O1. The van der Waals surface area contributed by atoms with Crippen LogP contribution in [-0.4, -0.2) is 69.9 Å². The third kappa shape index (κ3) is 6.59. The molecule has 0 radical (unpaired) electrons. The maximum absolute atomic E-state index is 13.9. The van der Waals surface area contributed by atoms with Gasteiger partial charge in [-0.15, -0.1) is 0 Å². The molecule has 1 saturated heterocycles. The van der Waals surface area contributed by atoms with Crippen LogP contribution in [0.2, 0.25) is 5.02 Å². The Balaban J connectivity index is 1.27. The van der Waals surface area contributed by atoms with E-state index in [9.17, 15) is 18.4 Å². The monoisotopic (exact) mass is 564 g/mol. The molecular weight excluding hydrogens is 534 g/mol. The quantitative estimate of drug-likeness (QED) is 0.489. The van der Waals surface area contributed by atoms with Crippen molar-refractivity contribution >= 4 is 29.2 Å². The number of hydrogen-bond donors (Lipinski definition) is 1. The molecule has 3 unspecified atom stereocenters. The van der Waals surface area contributed by atoms with Crippen LogP contribution in [0.25, 0.3) is 0 Å². The van der Waals surface area contributed by atoms with E-state index in [0.29, 0.717) is 29.7 Å². The van der Waals surface area contributed by atoms with Gasteiger partial charge in [0.1, 0.15) is 36.0 Å². The lowest BCUT2D eigenvalue weighted by Crippen LogP contribution is -2.46. The Labute approximate surface area is 230 Å². The van der Waals surface area contributed by atoms with E-state index in [-0.39, 0.29) is 37.7 Å².